The Labute approximate surface area is 145 Å². The standard InChI is InChI=1S/C17H13NO8/c1-24-15-8-4-10(18(22)23)13-9(17(20)21)5-12-16(26-6-25-12)14(13)7(8)2-3-11(15)19/h2-5,19,22-23H,6H2,1H3,(H,20,21)/p-1. The van der Waals surface area contributed by atoms with Crippen molar-refractivity contribution in [3.63, 3.8) is 0 Å². The Morgan fingerprint density at radius 2 is 1.96 bits per heavy atom. The SMILES string of the molecule is COc1c([O-])ccc2c1cc(N(O)O)c1c(C(=O)O)cc3c(c12)OCO3. The number of aromatic carboxylic acids is 1. The van der Waals surface area contributed by atoms with Crippen molar-refractivity contribution in [2.75, 3.05) is 19.1 Å². The second-order valence-corrected chi connectivity index (χ2v) is 5.59. The predicted molar refractivity (Wildman–Crippen MR) is 86.6 cm³/mol. The van der Waals surface area contributed by atoms with E-state index >= 15 is 0 Å². The van der Waals surface area contributed by atoms with Gasteiger partial charge in [0.2, 0.25) is 6.79 Å². The van der Waals surface area contributed by atoms with Crippen LogP contribution in [0.2, 0.25) is 0 Å². The molecular weight excluding hydrogens is 346 g/mol. The minimum atomic E-state index is -1.29. The van der Waals surface area contributed by atoms with Crippen molar-refractivity contribution in [1.82, 2.24) is 0 Å². The number of fused-ring (bicyclic) bond motifs is 5. The number of methoxy groups -OCH3 is 1. The van der Waals surface area contributed by atoms with Gasteiger partial charge < -0.3 is 24.4 Å². The molecule has 1 aliphatic rings. The Bertz CT molecular complexity index is 1080. The normalized spacial score (nSPS) is 12.6. The van der Waals surface area contributed by atoms with Gasteiger partial charge in [0.15, 0.2) is 11.5 Å². The molecule has 0 radical (unpaired) electrons. The lowest BCUT2D eigenvalue weighted by Gasteiger charge is -2.20. The van der Waals surface area contributed by atoms with Crippen LogP contribution in [0.4, 0.5) is 5.69 Å². The molecule has 1 heterocycles. The van der Waals surface area contributed by atoms with E-state index in [1.807, 2.05) is 0 Å². The summed E-state index contributed by atoms with van der Waals surface area (Å²) in [6.07, 6.45) is 0. The summed E-state index contributed by atoms with van der Waals surface area (Å²) in [6, 6.07) is 5.31. The maximum absolute atomic E-state index is 12.1. The lowest BCUT2D eigenvalue weighted by Crippen LogP contribution is -2.13. The Morgan fingerprint density at radius 3 is 2.62 bits per heavy atom. The first kappa shape index (κ1) is 16.1. The summed E-state index contributed by atoms with van der Waals surface area (Å²) in [6.45, 7) is -0.113. The molecule has 0 saturated heterocycles. The van der Waals surface area contributed by atoms with Crippen molar-refractivity contribution in [2.24, 2.45) is 0 Å². The number of nitrogens with zero attached hydrogens (tertiary/aromatic N) is 1. The first-order chi connectivity index (χ1) is 12.4. The molecule has 0 amide bonds. The highest BCUT2D eigenvalue weighted by Gasteiger charge is 2.28. The van der Waals surface area contributed by atoms with Crippen LogP contribution in [0.1, 0.15) is 10.4 Å². The third-order valence-corrected chi connectivity index (χ3v) is 4.28. The van der Waals surface area contributed by atoms with Crippen molar-refractivity contribution in [3.05, 3.63) is 29.8 Å². The molecule has 0 bridgehead atoms. The zero-order valence-corrected chi connectivity index (χ0v) is 13.3. The van der Waals surface area contributed by atoms with E-state index in [-0.39, 0.29) is 56.7 Å². The molecule has 0 fully saturated rings. The van der Waals surface area contributed by atoms with Crippen LogP contribution in [0.25, 0.3) is 21.5 Å². The lowest BCUT2D eigenvalue weighted by molar-refractivity contribution is -0.269. The van der Waals surface area contributed by atoms with E-state index in [1.165, 1.54) is 31.4 Å². The average Bonchev–Trinajstić information content (AvgIpc) is 3.07. The van der Waals surface area contributed by atoms with Crippen LogP contribution in [0.3, 0.4) is 0 Å². The zero-order valence-electron chi connectivity index (χ0n) is 13.3. The van der Waals surface area contributed by atoms with E-state index in [0.29, 0.717) is 5.39 Å². The fourth-order valence-electron chi connectivity index (χ4n) is 3.25. The van der Waals surface area contributed by atoms with Gasteiger partial charge in [-0.25, -0.2) is 4.79 Å². The van der Waals surface area contributed by atoms with Gasteiger partial charge in [0.05, 0.1) is 12.7 Å². The molecule has 9 heteroatoms. The highest BCUT2D eigenvalue weighted by atomic mass is 16.8. The minimum Gasteiger partial charge on any atom is -0.870 e. The highest BCUT2D eigenvalue weighted by Crippen LogP contribution is 2.49. The second-order valence-electron chi connectivity index (χ2n) is 5.59. The molecule has 0 saturated carbocycles. The smallest absolute Gasteiger partial charge is 0.336 e. The van der Waals surface area contributed by atoms with Crippen LogP contribution >= 0.6 is 0 Å². The molecule has 0 unspecified atom stereocenters. The third kappa shape index (κ3) is 2.08. The van der Waals surface area contributed by atoms with Crippen LogP contribution in [-0.4, -0.2) is 35.4 Å². The average molecular weight is 358 g/mol. The van der Waals surface area contributed by atoms with Gasteiger partial charge in [-0.1, -0.05) is 17.9 Å². The van der Waals surface area contributed by atoms with Crippen molar-refractivity contribution < 1.29 is 39.6 Å². The fourth-order valence-corrected chi connectivity index (χ4v) is 3.25. The quantitative estimate of drug-likeness (QED) is 0.475. The Hall–Kier alpha value is -3.43. The summed E-state index contributed by atoms with van der Waals surface area (Å²) in [5.74, 6) is -1.25. The van der Waals surface area contributed by atoms with Crippen LogP contribution < -0.4 is 24.5 Å². The zero-order chi connectivity index (χ0) is 18.6. The maximum Gasteiger partial charge on any atom is 0.336 e. The summed E-state index contributed by atoms with van der Waals surface area (Å²) in [4.78, 5) is 11.8. The van der Waals surface area contributed by atoms with Gasteiger partial charge in [0.1, 0.15) is 11.4 Å². The fraction of sp³-hybridized carbons (Fsp3) is 0.118. The van der Waals surface area contributed by atoms with E-state index < -0.39 is 11.7 Å². The third-order valence-electron chi connectivity index (χ3n) is 4.28. The molecule has 9 nitrogen and oxygen atoms in total. The molecule has 0 aromatic heterocycles. The van der Waals surface area contributed by atoms with Gasteiger partial charge in [0, 0.05) is 16.2 Å². The molecular formula is C17H12NO8-. The number of hydrogen-bond donors (Lipinski definition) is 3. The van der Waals surface area contributed by atoms with Gasteiger partial charge in [-0.3, -0.25) is 10.4 Å². The molecule has 0 aliphatic carbocycles. The molecule has 0 atom stereocenters. The van der Waals surface area contributed by atoms with Crippen LogP contribution in [0.15, 0.2) is 24.3 Å². The predicted octanol–water partition coefficient (Wildman–Crippen LogP) is 2.09. The number of carboxylic acid groups (broad SMARTS) is 1. The lowest BCUT2D eigenvalue weighted by atomic mass is 9.94. The maximum atomic E-state index is 12.1. The molecule has 4 rings (SSSR count). The molecule has 1 aliphatic heterocycles. The monoisotopic (exact) mass is 358 g/mol. The Balaban J connectivity index is 2.32. The highest BCUT2D eigenvalue weighted by molar-refractivity contribution is 6.23. The molecule has 3 aromatic rings. The number of carbonyl (C=O) groups is 1. The van der Waals surface area contributed by atoms with E-state index in [4.69, 9.17) is 14.2 Å². The molecule has 3 aromatic carbocycles. The van der Waals surface area contributed by atoms with Crippen molar-refractivity contribution >= 4 is 33.2 Å². The number of carboxylic acids is 1. The van der Waals surface area contributed by atoms with Crippen molar-refractivity contribution in [1.29, 1.82) is 0 Å². The van der Waals surface area contributed by atoms with Crippen molar-refractivity contribution in [3.8, 4) is 23.0 Å². The first-order valence-electron chi connectivity index (χ1n) is 7.42. The van der Waals surface area contributed by atoms with E-state index in [9.17, 15) is 25.4 Å². The summed E-state index contributed by atoms with van der Waals surface area (Å²) in [5.41, 5.74) is -0.452. The summed E-state index contributed by atoms with van der Waals surface area (Å²) in [5, 5.41) is 41.8. The molecule has 0 spiro atoms. The van der Waals surface area contributed by atoms with Gasteiger partial charge in [0.25, 0.3) is 0 Å². The van der Waals surface area contributed by atoms with Gasteiger partial charge in [-0.05, 0) is 17.5 Å². The van der Waals surface area contributed by atoms with E-state index in [1.54, 1.807) is 0 Å². The van der Waals surface area contributed by atoms with Crippen LogP contribution in [0.5, 0.6) is 23.0 Å². The topological polar surface area (TPSA) is 132 Å². The van der Waals surface area contributed by atoms with E-state index in [0.717, 1.165) is 0 Å². The van der Waals surface area contributed by atoms with Gasteiger partial charge in [-0.2, -0.15) is 0 Å². The first-order valence-corrected chi connectivity index (χ1v) is 7.42. The number of benzene rings is 3. The van der Waals surface area contributed by atoms with Crippen molar-refractivity contribution in [2.45, 2.75) is 0 Å². The summed E-state index contributed by atoms with van der Waals surface area (Å²) in [7, 11) is 1.31. The molecule has 26 heavy (non-hydrogen) atoms. The number of anilines is 1. The molecule has 3 N–H and O–H groups in total. The summed E-state index contributed by atoms with van der Waals surface area (Å²) >= 11 is 0. The Morgan fingerprint density at radius 1 is 1.19 bits per heavy atom. The van der Waals surface area contributed by atoms with Crippen LogP contribution in [-0.2, 0) is 0 Å². The molecule has 134 valence electrons. The second kappa shape index (κ2) is 5.55. The minimum absolute atomic E-state index is 0.0131. The largest absolute Gasteiger partial charge is 0.870 e. The number of hydrogen-bond acceptors (Lipinski definition) is 8. The number of ether oxygens (including phenoxy) is 3. The van der Waals surface area contributed by atoms with Gasteiger partial charge in [-0.15, -0.1) is 5.23 Å². The Kier molecular flexibility index (Phi) is 3.43. The summed E-state index contributed by atoms with van der Waals surface area (Å²) < 4.78 is 15.9. The van der Waals surface area contributed by atoms with Crippen LogP contribution in [0, 0.1) is 0 Å². The van der Waals surface area contributed by atoms with Gasteiger partial charge >= 0.3 is 5.97 Å². The van der Waals surface area contributed by atoms with E-state index in [2.05, 4.69) is 0 Å². The number of rotatable bonds is 3.